The number of rotatable bonds is 5. The van der Waals surface area contributed by atoms with Gasteiger partial charge in [-0.1, -0.05) is 11.6 Å². The standard InChI is InChI=1S/C17H22ClFN2O4S/c18-15-11-13(19)1-2-16(15)25-9-3-17(22)21-7-5-20(6-8-21)14-4-10-26(23,24)12-14/h1-2,11,14H,3-10,12H2. The molecule has 0 spiro atoms. The lowest BCUT2D eigenvalue weighted by atomic mass is 10.2. The third kappa shape index (κ3) is 4.86. The number of ether oxygens (including phenoxy) is 1. The fraction of sp³-hybridized carbons (Fsp3) is 0.588. The van der Waals surface area contributed by atoms with E-state index in [-0.39, 0.29) is 41.5 Å². The van der Waals surface area contributed by atoms with Crippen LogP contribution in [0.1, 0.15) is 12.8 Å². The van der Waals surface area contributed by atoms with E-state index in [0.717, 1.165) is 0 Å². The molecule has 0 saturated carbocycles. The second kappa shape index (κ2) is 8.10. The Labute approximate surface area is 157 Å². The second-order valence-corrected chi connectivity index (χ2v) is 9.28. The van der Waals surface area contributed by atoms with Crippen LogP contribution in [0.4, 0.5) is 4.39 Å². The van der Waals surface area contributed by atoms with Crippen molar-refractivity contribution in [3.8, 4) is 5.75 Å². The van der Waals surface area contributed by atoms with Crippen molar-refractivity contribution in [2.75, 3.05) is 44.3 Å². The van der Waals surface area contributed by atoms with Crippen LogP contribution in [-0.2, 0) is 14.6 Å². The number of hydrogen-bond donors (Lipinski definition) is 0. The number of hydrogen-bond acceptors (Lipinski definition) is 5. The molecule has 1 atom stereocenters. The zero-order chi connectivity index (χ0) is 18.7. The molecule has 3 rings (SSSR count). The van der Waals surface area contributed by atoms with Crippen molar-refractivity contribution in [2.45, 2.75) is 18.9 Å². The van der Waals surface area contributed by atoms with Crippen LogP contribution >= 0.6 is 11.6 Å². The van der Waals surface area contributed by atoms with E-state index in [1.54, 1.807) is 4.90 Å². The Morgan fingerprint density at radius 2 is 2.00 bits per heavy atom. The normalized spacial score (nSPS) is 23.2. The summed E-state index contributed by atoms with van der Waals surface area (Å²) >= 11 is 5.88. The molecule has 1 unspecified atom stereocenters. The topological polar surface area (TPSA) is 66.9 Å². The molecule has 2 aliphatic rings. The van der Waals surface area contributed by atoms with Gasteiger partial charge in [0.25, 0.3) is 0 Å². The van der Waals surface area contributed by atoms with Crippen LogP contribution in [-0.4, -0.2) is 74.5 Å². The summed E-state index contributed by atoms with van der Waals surface area (Å²) in [5.74, 6) is 0.397. The van der Waals surface area contributed by atoms with Crippen LogP contribution in [0.5, 0.6) is 5.75 Å². The Morgan fingerprint density at radius 1 is 1.27 bits per heavy atom. The van der Waals surface area contributed by atoms with Crippen molar-refractivity contribution in [2.24, 2.45) is 0 Å². The average Bonchev–Trinajstić information content (AvgIpc) is 2.97. The van der Waals surface area contributed by atoms with E-state index in [4.69, 9.17) is 16.3 Å². The van der Waals surface area contributed by atoms with Gasteiger partial charge in [0.05, 0.1) is 29.6 Å². The molecule has 0 radical (unpaired) electrons. The minimum atomic E-state index is -2.89. The molecule has 1 amide bonds. The maximum atomic E-state index is 13.0. The minimum absolute atomic E-state index is 0.0121. The van der Waals surface area contributed by atoms with Gasteiger partial charge in [-0.25, -0.2) is 12.8 Å². The molecule has 0 bridgehead atoms. The van der Waals surface area contributed by atoms with Gasteiger partial charge in [-0.05, 0) is 24.6 Å². The molecule has 0 aromatic heterocycles. The van der Waals surface area contributed by atoms with Gasteiger partial charge in [0, 0.05) is 32.2 Å². The highest BCUT2D eigenvalue weighted by Gasteiger charge is 2.34. The first-order chi connectivity index (χ1) is 12.3. The van der Waals surface area contributed by atoms with Gasteiger partial charge in [-0.2, -0.15) is 0 Å². The van der Waals surface area contributed by atoms with Crippen LogP contribution in [0, 0.1) is 5.82 Å². The van der Waals surface area contributed by atoms with Gasteiger partial charge >= 0.3 is 0 Å². The quantitative estimate of drug-likeness (QED) is 0.745. The molecule has 1 aromatic carbocycles. The van der Waals surface area contributed by atoms with Crippen molar-refractivity contribution in [1.82, 2.24) is 9.80 Å². The predicted molar refractivity (Wildman–Crippen MR) is 96.7 cm³/mol. The molecule has 0 N–H and O–H groups in total. The van der Waals surface area contributed by atoms with Crippen LogP contribution in [0.2, 0.25) is 5.02 Å². The first-order valence-electron chi connectivity index (χ1n) is 8.64. The zero-order valence-corrected chi connectivity index (χ0v) is 15.9. The Bertz CT molecular complexity index is 766. The molecule has 9 heteroatoms. The van der Waals surface area contributed by atoms with Crippen LogP contribution < -0.4 is 4.74 Å². The molecule has 2 heterocycles. The molecule has 2 aliphatic heterocycles. The molecule has 1 aromatic rings. The highest BCUT2D eigenvalue weighted by atomic mass is 35.5. The van der Waals surface area contributed by atoms with Crippen molar-refractivity contribution in [3.05, 3.63) is 29.0 Å². The van der Waals surface area contributed by atoms with Gasteiger partial charge in [0.1, 0.15) is 11.6 Å². The van der Waals surface area contributed by atoms with Gasteiger partial charge in [-0.3, -0.25) is 9.69 Å². The summed E-state index contributed by atoms with van der Waals surface area (Å²) in [7, 11) is -2.89. The van der Waals surface area contributed by atoms with Crippen molar-refractivity contribution in [3.63, 3.8) is 0 Å². The SMILES string of the molecule is O=C(CCOc1ccc(F)cc1Cl)N1CCN(C2CCS(=O)(=O)C2)CC1. The lowest BCUT2D eigenvalue weighted by Gasteiger charge is -2.37. The van der Waals surface area contributed by atoms with Gasteiger partial charge in [0.2, 0.25) is 5.91 Å². The van der Waals surface area contributed by atoms with Gasteiger partial charge < -0.3 is 9.64 Å². The fourth-order valence-corrected chi connectivity index (χ4v) is 5.38. The van der Waals surface area contributed by atoms with E-state index >= 15 is 0 Å². The average molecular weight is 405 g/mol. The Balaban J connectivity index is 1.41. The number of benzene rings is 1. The molecular formula is C17H22ClFN2O4S. The fourth-order valence-electron chi connectivity index (χ4n) is 3.40. The summed E-state index contributed by atoms with van der Waals surface area (Å²) in [6.45, 7) is 2.73. The summed E-state index contributed by atoms with van der Waals surface area (Å²) in [4.78, 5) is 16.2. The highest BCUT2D eigenvalue weighted by molar-refractivity contribution is 7.91. The lowest BCUT2D eigenvalue weighted by Crippen LogP contribution is -2.52. The number of halogens is 2. The van der Waals surface area contributed by atoms with Gasteiger partial charge in [-0.15, -0.1) is 0 Å². The van der Waals surface area contributed by atoms with Crippen LogP contribution in [0.15, 0.2) is 18.2 Å². The van der Waals surface area contributed by atoms with Crippen molar-refractivity contribution < 1.29 is 22.3 Å². The molecule has 0 aliphatic carbocycles. The lowest BCUT2D eigenvalue weighted by molar-refractivity contribution is -0.133. The monoisotopic (exact) mass is 404 g/mol. The van der Waals surface area contributed by atoms with Gasteiger partial charge in [0.15, 0.2) is 9.84 Å². The van der Waals surface area contributed by atoms with E-state index in [0.29, 0.717) is 38.3 Å². The smallest absolute Gasteiger partial charge is 0.226 e. The Kier molecular flexibility index (Phi) is 6.04. The summed E-state index contributed by atoms with van der Waals surface area (Å²) in [5, 5.41) is 0.178. The molecule has 6 nitrogen and oxygen atoms in total. The zero-order valence-electron chi connectivity index (χ0n) is 14.4. The largest absolute Gasteiger partial charge is 0.491 e. The number of carbonyl (C=O) groups excluding carboxylic acids is 1. The second-order valence-electron chi connectivity index (χ2n) is 6.65. The number of amides is 1. The molecule has 2 fully saturated rings. The van der Waals surface area contributed by atoms with Crippen molar-refractivity contribution >= 4 is 27.3 Å². The summed E-state index contributed by atoms with van der Waals surface area (Å²) in [6, 6.07) is 3.95. The first-order valence-corrected chi connectivity index (χ1v) is 10.8. The first kappa shape index (κ1) is 19.4. The third-order valence-corrected chi connectivity index (χ3v) is 6.90. The minimum Gasteiger partial charge on any atom is -0.491 e. The van der Waals surface area contributed by atoms with E-state index in [1.165, 1.54) is 18.2 Å². The number of sulfone groups is 1. The molecule has 26 heavy (non-hydrogen) atoms. The van der Waals surface area contributed by atoms with Crippen LogP contribution in [0.25, 0.3) is 0 Å². The highest BCUT2D eigenvalue weighted by Crippen LogP contribution is 2.25. The number of nitrogens with zero attached hydrogens (tertiary/aromatic N) is 2. The number of piperazine rings is 1. The van der Waals surface area contributed by atoms with E-state index in [1.807, 2.05) is 0 Å². The Hall–Kier alpha value is -1.38. The maximum Gasteiger partial charge on any atom is 0.226 e. The Morgan fingerprint density at radius 3 is 2.62 bits per heavy atom. The van der Waals surface area contributed by atoms with E-state index < -0.39 is 15.7 Å². The third-order valence-electron chi connectivity index (χ3n) is 4.86. The van der Waals surface area contributed by atoms with E-state index in [2.05, 4.69) is 4.90 Å². The van der Waals surface area contributed by atoms with Crippen molar-refractivity contribution in [1.29, 1.82) is 0 Å². The molecular weight excluding hydrogens is 383 g/mol. The predicted octanol–water partition coefficient (Wildman–Crippen LogP) is 1.58. The summed E-state index contributed by atoms with van der Waals surface area (Å²) in [6.07, 6.45) is 0.897. The molecule has 2 saturated heterocycles. The molecule has 144 valence electrons. The van der Waals surface area contributed by atoms with Crippen LogP contribution in [0.3, 0.4) is 0 Å². The summed E-state index contributed by atoms with van der Waals surface area (Å²) in [5.41, 5.74) is 0. The van der Waals surface area contributed by atoms with E-state index in [9.17, 15) is 17.6 Å². The maximum absolute atomic E-state index is 13.0. The summed E-state index contributed by atoms with van der Waals surface area (Å²) < 4.78 is 41.6. The number of carbonyl (C=O) groups is 1.